The van der Waals surface area contributed by atoms with Crippen LogP contribution in [-0.2, 0) is 6.18 Å². The van der Waals surface area contributed by atoms with Gasteiger partial charge < -0.3 is 26.2 Å². The van der Waals surface area contributed by atoms with Crippen molar-refractivity contribution in [3.05, 3.63) is 17.7 Å². The maximum atomic E-state index is 12.6. The molecule has 6 nitrogen and oxygen atoms in total. The van der Waals surface area contributed by atoms with E-state index in [9.17, 15) is 18.0 Å². The minimum Gasteiger partial charge on any atom is -0.484 e. The second kappa shape index (κ2) is 5.23. The molecule has 0 bridgehead atoms. The summed E-state index contributed by atoms with van der Waals surface area (Å²) in [6.07, 6.45) is -5.68. The lowest BCUT2D eigenvalue weighted by Gasteiger charge is -2.19. The van der Waals surface area contributed by atoms with Gasteiger partial charge in [0, 0.05) is 13.0 Å². The molecule has 1 fully saturated rings. The number of amides is 1. The minimum atomic E-state index is -4.55. The van der Waals surface area contributed by atoms with Gasteiger partial charge in [-0.1, -0.05) is 0 Å². The fourth-order valence-electron chi connectivity index (χ4n) is 2.14. The van der Waals surface area contributed by atoms with Gasteiger partial charge in [-0.3, -0.25) is 0 Å². The Morgan fingerprint density at radius 3 is 2.33 bits per heavy atom. The molecule has 21 heavy (non-hydrogen) atoms. The number of hydrogen-bond acceptors (Lipinski definition) is 4. The number of carboxylic acid groups (broad SMARTS) is 1. The number of alkyl halides is 3. The number of rotatable bonds is 2. The first-order valence-corrected chi connectivity index (χ1v) is 6.09. The molecule has 0 aromatic heterocycles. The Morgan fingerprint density at radius 2 is 1.90 bits per heavy atom. The fourth-order valence-corrected chi connectivity index (χ4v) is 2.14. The second-order valence-electron chi connectivity index (χ2n) is 4.74. The van der Waals surface area contributed by atoms with Gasteiger partial charge >= 0.3 is 12.3 Å². The molecule has 1 unspecified atom stereocenters. The lowest BCUT2D eigenvalue weighted by atomic mass is 10.1. The smallest absolute Gasteiger partial charge is 0.416 e. The Balaban J connectivity index is 2.17. The van der Waals surface area contributed by atoms with Crippen molar-refractivity contribution in [3.8, 4) is 5.75 Å². The first-order valence-electron chi connectivity index (χ1n) is 6.09. The standard InChI is InChI=1S/C12H14F3N3O3/c13-12(14,15)6-3-8(16)10(9(17)4-6)21-7-1-2-18(5-7)11(19)20/h3-4,7H,1-2,5,16-17H2,(H,19,20). The van der Waals surface area contributed by atoms with Crippen molar-refractivity contribution in [1.82, 2.24) is 4.90 Å². The zero-order valence-electron chi connectivity index (χ0n) is 10.9. The lowest BCUT2D eigenvalue weighted by Crippen LogP contribution is -2.29. The Labute approximate surface area is 118 Å². The maximum Gasteiger partial charge on any atom is 0.416 e. The average molecular weight is 305 g/mol. The molecule has 1 aromatic rings. The van der Waals surface area contributed by atoms with Crippen LogP contribution in [0.5, 0.6) is 5.75 Å². The molecule has 5 N–H and O–H groups in total. The summed E-state index contributed by atoms with van der Waals surface area (Å²) >= 11 is 0. The van der Waals surface area contributed by atoms with Gasteiger partial charge in [-0.25, -0.2) is 4.79 Å². The van der Waals surface area contributed by atoms with E-state index in [1.807, 2.05) is 0 Å². The highest BCUT2D eigenvalue weighted by atomic mass is 19.4. The van der Waals surface area contributed by atoms with Crippen molar-refractivity contribution in [2.75, 3.05) is 24.6 Å². The van der Waals surface area contributed by atoms with Crippen LogP contribution in [-0.4, -0.2) is 35.3 Å². The van der Waals surface area contributed by atoms with Crippen LogP contribution in [0.15, 0.2) is 12.1 Å². The summed E-state index contributed by atoms with van der Waals surface area (Å²) in [5, 5.41) is 8.83. The quantitative estimate of drug-likeness (QED) is 0.725. The molecular weight excluding hydrogens is 291 g/mol. The number of ether oxygens (including phenoxy) is 1. The molecule has 0 aliphatic carbocycles. The van der Waals surface area contributed by atoms with Crippen LogP contribution < -0.4 is 16.2 Å². The predicted octanol–water partition coefficient (Wildman–Crippen LogP) is 2.00. The van der Waals surface area contributed by atoms with E-state index in [-0.39, 0.29) is 23.7 Å². The van der Waals surface area contributed by atoms with Gasteiger partial charge in [0.05, 0.1) is 23.5 Å². The van der Waals surface area contributed by atoms with Crippen molar-refractivity contribution in [2.45, 2.75) is 18.7 Å². The Bertz CT molecular complexity index is 539. The summed E-state index contributed by atoms with van der Waals surface area (Å²) in [5.41, 5.74) is 9.71. The van der Waals surface area contributed by atoms with Crippen molar-refractivity contribution >= 4 is 17.5 Å². The van der Waals surface area contributed by atoms with Gasteiger partial charge in [0.1, 0.15) is 6.10 Å². The van der Waals surface area contributed by atoms with Gasteiger partial charge in [-0.2, -0.15) is 13.2 Å². The lowest BCUT2D eigenvalue weighted by molar-refractivity contribution is -0.137. The summed E-state index contributed by atoms with van der Waals surface area (Å²) in [6, 6.07) is 1.49. The van der Waals surface area contributed by atoms with Gasteiger partial charge in [-0.15, -0.1) is 0 Å². The van der Waals surface area contributed by atoms with Crippen LogP contribution in [0.2, 0.25) is 0 Å². The number of hydrogen-bond donors (Lipinski definition) is 3. The monoisotopic (exact) mass is 305 g/mol. The van der Waals surface area contributed by atoms with E-state index in [0.717, 1.165) is 17.0 Å². The number of nitrogens with zero attached hydrogens (tertiary/aromatic N) is 1. The van der Waals surface area contributed by atoms with Gasteiger partial charge in [-0.05, 0) is 12.1 Å². The highest BCUT2D eigenvalue weighted by molar-refractivity contribution is 5.69. The molecular formula is C12H14F3N3O3. The topological polar surface area (TPSA) is 102 Å². The van der Waals surface area contributed by atoms with E-state index < -0.39 is 23.9 Å². The summed E-state index contributed by atoms with van der Waals surface area (Å²) < 4.78 is 43.3. The minimum absolute atomic E-state index is 0.0414. The number of likely N-dealkylation sites (tertiary alicyclic amines) is 1. The third kappa shape index (κ3) is 3.23. The van der Waals surface area contributed by atoms with Crippen molar-refractivity contribution in [1.29, 1.82) is 0 Å². The van der Waals surface area contributed by atoms with Gasteiger partial charge in [0.25, 0.3) is 0 Å². The Hall–Kier alpha value is -2.32. The summed E-state index contributed by atoms with van der Waals surface area (Å²) in [4.78, 5) is 11.9. The van der Waals surface area contributed by atoms with Gasteiger partial charge in [0.15, 0.2) is 5.75 Å². The number of carbonyl (C=O) groups is 1. The number of nitrogen functional groups attached to an aromatic ring is 2. The van der Waals surface area contributed by atoms with Crippen LogP contribution in [0.4, 0.5) is 29.3 Å². The number of anilines is 2. The van der Waals surface area contributed by atoms with E-state index >= 15 is 0 Å². The number of nitrogens with two attached hydrogens (primary N) is 2. The first kappa shape index (κ1) is 15.1. The van der Waals surface area contributed by atoms with Crippen molar-refractivity contribution in [2.24, 2.45) is 0 Å². The van der Waals surface area contributed by atoms with Crippen molar-refractivity contribution in [3.63, 3.8) is 0 Å². The summed E-state index contributed by atoms with van der Waals surface area (Å²) in [6.45, 7) is 0.412. The molecule has 1 atom stereocenters. The van der Waals surface area contributed by atoms with Crippen LogP contribution in [0.25, 0.3) is 0 Å². The fraction of sp³-hybridized carbons (Fsp3) is 0.417. The highest BCUT2D eigenvalue weighted by Gasteiger charge is 2.33. The molecule has 2 rings (SSSR count). The molecule has 9 heteroatoms. The molecule has 0 saturated carbocycles. The largest absolute Gasteiger partial charge is 0.484 e. The van der Waals surface area contributed by atoms with E-state index in [0.29, 0.717) is 13.0 Å². The van der Waals surface area contributed by atoms with Crippen LogP contribution in [0.1, 0.15) is 12.0 Å². The molecule has 0 radical (unpaired) electrons. The van der Waals surface area contributed by atoms with E-state index in [1.165, 1.54) is 0 Å². The molecule has 1 saturated heterocycles. The zero-order valence-corrected chi connectivity index (χ0v) is 10.9. The Morgan fingerprint density at radius 1 is 1.33 bits per heavy atom. The molecule has 1 aliphatic heterocycles. The van der Waals surface area contributed by atoms with Crippen LogP contribution in [0, 0.1) is 0 Å². The first-order chi connectivity index (χ1) is 9.68. The molecule has 1 amide bonds. The van der Waals surface area contributed by atoms with E-state index in [4.69, 9.17) is 21.3 Å². The molecule has 1 aromatic carbocycles. The summed E-state index contributed by atoms with van der Waals surface area (Å²) in [7, 11) is 0. The molecule has 1 aliphatic rings. The summed E-state index contributed by atoms with van der Waals surface area (Å²) in [5.74, 6) is -0.0414. The van der Waals surface area contributed by atoms with Crippen LogP contribution >= 0.6 is 0 Å². The number of halogens is 3. The second-order valence-corrected chi connectivity index (χ2v) is 4.74. The highest BCUT2D eigenvalue weighted by Crippen LogP contribution is 2.38. The average Bonchev–Trinajstić information content (AvgIpc) is 2.81. The van der Waals surface area contributed by atoms with Crippen LogP contribution in [0.3, 0.4) is 0 Å². The zero-order chi connectivity index (χ0) is 15.8. The van der Waals surface area contributed by atoms with E-state index in [2.05, 4.69) is 0 Å². The van der Waals surface area contributed by atoms with E-state index in [1.54, 1.807) is 0 Å². The third-order valence-electron chi connectivity index (χ3n) is 3.17. The van der Waals surface area contributed by atoms with Gasteiger partial charge in [0.2, 0.25) is 0 Å². The molecule has 1 heterocycles. The maximum absolute atomic E-state index is 12.6. The number of benzene rings is 1. The molecule has 0 spiro atoms. The molecule has 116 valence electrons. The predicted molar refractivity (Wildman–Crippen MR) is 68.9 cm³/mol. The van der Waals surface area contributed by atoms with Crippen molar-refractivity contribution < 1.29 is 27.8 Å². The third-order valence-corrected chi connectivity index (χ3v) is 3.17. The Kier molecular flexibility index (Phi) is 3.75. The SMILES string of the molecule is Nc1cc(C(F)(F)F)cc(N)c1OC1CCN(C(=O)O)C1. The normalized spacial score (nSPS) is 18.8.